The number of hydrogen-bond donors (Lipinski definition) is 1. The summed E-state index contributed by atoms with van der Waals surface area (Å²) in [5, 5.41) is 16.1. The van der Waals surface area contributed by atoms with Gasteiger partial charge in [-0.3, -0.25) is 5.01 Å². The molecule has 1 heterocycles. The van der Waals surface area contributed by atoms with Crippen molar-refractivity contribution in [3.05, 3.63) is 28.2 Å². The van der Waals surface area contributed by atoms with Crippen LogP contribution < -0.4 is 0 Å². The van der Waals surface area contributed by atoms with Gasteiger partial charge in [-0.25, -0.2) is 0 Å². The highest BCUT2D eigenvalue weighted by Crippen LogP contribution is 2.20. The topological polar surface area (TPSA) is 35.8 Å². The summed E-state index contributed by atoms with van der Waals surface area (Å²) < 4.78 is 0.949. The molecule has 1 aliphatic rings. The summed E-state index contributed by atoms with van der Waals surface area (Å²) in [6.07, 6.45) is 5.45. The van der Waals surface area contributed by atoms with E-state index in [-0.39, 0.29) is 5.75 Å². The largest absolute Gasteiger partial charge is 0.507 e. The lowest BCUT2D eigenvalue weighted by atomic mass is 10.2. The molecule has 0 amide bonds. The van der Waals surface area contributed by atoms with Crippen LogP contribution in [0.2, 0.25) is 0 Å². The number of rotatable bonds is 2. The third-order valence-corrected chi connectivity index (χ3v) is 3.18. The fourth-order valence-electron chi connectivity index (χ4n) is 1.77. The molecule has 2 rings (SSSR count). The maximum Gasteiger partial charge on any atom is 0.124 e. The zero-order valence-corrected chi connectivity index (χ0v) is 10.7. The summed E-state index contributed by atoms with van der Waals surface area (Å²) >= 11 is 3.38. The molecule has 3 nitrogen and oxygen atoms in total. The number of nitrogens with zero attached hydrogens (tertiary/aromatic N) is 2. The van der Waals surface area contributed by atoms with E-state index in [0.717, 1.165) is 23.1 Å². The molecular formula is C12H15BrN2O. The van der Waals surface area contributed by atoms with Gasteiger partial charge < -0.3 is 5.11 Å². The Bertz CT molecular complexity index is 387. The van der Waals surface area contributed by atoms with Gasteiger partial charge in [0.15, 0.2) is 0 Å². The Morgan fingerprint density at radius 2 is 2.00 bits per heavy atom. The van der Waals surface area contributed by atoms with E-state index in [9.17, 15) is 5.11 Å². The van der Waals surface area contributed by atoms with E-state index in [1.165, 1.54) is 19.3 Å². The average molecular weight is 283 g/mol. The van der Waals surface area contributed by atoms with Gasteiger partial charge in [0.1, 0.15) is 5.75 Å². The van der Waals surface area contributed by atoms with Gasteiger partial charge in [-0.1, -0.05) is 15.9 Å². The van der Waals surface area contributed by atoms with Gasteiger partial charge in [-0.15, -0.1) is 0 Å². The number of piperidine rings is 1. The molecule has 0 unspecified atom stereocenters. The predicted molar refractivity (Wildman–Crippen MR) is 68.8 cm³/mol. The number of aromatic hydroxyl groups is 1. The first-order valence-corrected chi connectivity index (χ1v) is 6.32. The lowest BCUT2D eigenvalue weighted by molar-refractivity contribution is 0.240. The molecule has 0 aliphatic carbocycles. The van der Waals surface area contributed by atoms with Gasteiger partial charge in [-0.2, -0.15) is 5.10 Å². The molecule has 1 fully saturated rings. The minimum absolute atomic E-state index is 0.268. The quantitative estimate of drug-likeness (QED) is 0.847. The van der Waals surface area contributed by atoms with E-state index < -0.39 is 0 Å². The standard InChI is InChI=1S/C12H15BrN2O/c13-11-4-5-12(16)10(8-11)9-14-15-6-2-1-3-7-15/h4-5,8-9,16H,1-3,6-7H2/b14-9+. The molecule has 1 N–H and O–H groups in total. The third kappa shape index (κ3) is 2.98. The van der Waals surface area contributed by atoms with Crippen molar-refractivity contribution in [2.45, 2.75) is 19.3 Å². The van der Waals surface area contributed by atoms with Gasteiger partial charge in [-0.05, 0) is 37.5 Å². The van der Waals surface area contributed by atoms with Crippen molar-refractivity contribution in [1.82, 2.24) is 5.01 Å². The number of benzene rings is 1. The predicted octanol–water partition coefficient (Wildman–Crippen LogP) is 2.97. The fourth-order valence-corrected chi connectivity index (χ4v) is 2.14. The summed E-state index contributed by atoms with van der Waals surface area (Å²) in [5.74, 6) is 0.268. The molecule has 1 aromatic carbocycles. The van der Waals surface area contributed by atoms with Crippen LogP contribution in [0.5, 0.6) is 5.75 Å². The molecule has 86 valence electrons. The molecule has 1 saturated heterocycles. The molecule has 0 atom stereocenters. The van der Waals surface area contributed by atoms with Crippen molar-refractivity contribution in [3.8, 4) is 5.75 Å². The second-order valence-corrected chi connectivity index (χ2v) is 4.88. The van der Waals surface area contributed by atoms with Crippen LogP contribution in [0.1, 0.15) is 24.8 Å². The molecule has 1 aliphatic heterocycles. The maximum absolute atomic E-state index is 9.63. The average Bonchev–Trinajstić information content (AvgIpc) is 2.32. The van der Waals surface area contributed by atoms with Crippen LogP contribution in [0.3, 0.4) is 0 Å². The Morgan fingerprint density at radius 1 is 1.25 bits per heavy atom. The molecule has 0 aromatic heterocycles. The lowest BCUT2D eigenvalue weighted by Gasteiger charge is -2.23. The summed E-state index contributed by atoms with van der Waals surface area (Å²) in [7, 11) is 0. The Kier molecular flexibility index (Phi) is 3.83. The monoisotopic (exact) mass is 282 g/mol. The first kappa shape index (κ1) is 11.5. The lowest BCUT2D eigenvalue weighted by Crippen LogP contribution is -2.24. The Hall–Kier alpha value is -1.03. The number of hydrogen-bond acceptors (Lipinski definition) is 3. The van der Waals surface area contributed by atoms with Crippen LogP contribution >= 0.6 is 15.9 Å². The highest BCUT2D eigenvalue weighted by Gasteiger charge is 2.06. The number of phenols is 1. The minimum atomic E-state index is 0.268. The Labute approximate surface area is 104 Å². The SMILES string of the molecule is Oc1ccc(Br)cc1/C=N/N1CCCCC1. The van der Waals surface area contributed by atoms with Gasteiger partial charge in [0, 0.05) is 23.1 Å². The molecule has 0 radical (unpaired) electrons. The van der Waals surface area contributed by atoms with Crippen LogP contribution in [-0.4, -0.2) is 29.4 Å². The van der Waals surface area contributed by atoms with Crippen LogP contribution in [0.25, 0.3) is 0 Å². The summed E-state index contributed by atoms with van der Waals surface area (Å²) in [5.41, 5.74) is 0.750. The van der Waals surface area contributed by atoms with Gasteiger partial charge >= 0.3 is 0 Å². The van der Waals surface area contributed by atoms with Gasteiger partial charge in [0.25, 0.3) is 0 Å². The van der Waals surface area contributed by atoms with Crippen molar-refractivity contribution in [2.24, 2.45) is 5.10 Å². The molecular weight excluding hydrogens is 268 g/mol. The second kappa shape index (κ2) is 5.34. The first-order valence-electron chi connectivity index (χ1n) is 5.53. The summed E-state index contributed by atoms with van der Waals surface area (Å²) in [6, 6.07) is 5.35. The number of phenolic OH excluding ortho intramolecular Hbond substituents is 1. The zero-order chi connectivity index (χ0) is 11.4. The molecule has 16 heavy (non-hydrogen) atoms. The number of hydrazone groups is 1. The molecule has 0 spiro atoms. The molecule has 0 saturated carbocycles. The van der Waals surface area contributed by atoms with Crippen molar-refractivity contribution in [2.75, 3.05) is 13.1 Å². The third-order valence-electron chi connectivity index (χ3n) is 2.68. The van der Waals surface area contributed by atoms with Crippen LogP contribution in [0.15, 0.2) is 27.8 Å². The first-order chi connectivity index (χ1) is 7.75. The molecule has 0 bridgehead atoms. The van der Waals surface area contributed by atoms with E-state index in [0.29, 0.717) is 0 Å². The highest BCUT2D eigenvalue weighted by molar-refractivity contribution is 9.10. The maximum atomic E-state index is 9.63. The van der Waals surface area contributed by atoms with Crippen LogP contribution in [0.4, 0.5) is 0 Å². The van der Waals surface area contributed by atoms with E-state index in [4.69, 9.17) is 0 Å². The minimum Gasteiger partial charge on any atom is -0.507 e. The summed E-state index contributed by atoms with van der Waals surface area (Å²) in [4.78, 5) is 0. The van der Waals surface area contributed by atoms with Crippen molar-refractivity contribution in [1.29, 1.82) is 0 Å². The second-order valence-electron chi connectivity index (χ2n) is 3.96. The number of halogens is 1. The Balaban J connectivity index is 2.07. The highest BCUT2D eigenvalue weighted by atomic mass is 79.9. The Morgan fingerprint density at radius 3 is 2.75 bits per heavy atom. The fraction of sp³-hybridized carbons (Fsp3) is 0.417. The van der Waals surface area contributed by atoms with E-state index in [2.05, 4.69) is 26.0 Å². The molecule has 1 aromatic rings. The van der Waals surface area contributed by atoms with Crippen molar-refractivity contribution >= 4 is 22.1 Å². The van der Waals surface area contributed by atoms with Crippen LogP contribution in [0, 0.1) is 0 Å². The van der Waals surface area contributed by atoms with E-state index in [1.54, 1.807) is 12.3 Å². The zero-order valence-electron chi connectivity index (χ0n) is 9.06. The normalized spacial score (nSPS) is 16.9. The van der Waals surface area contributed by atoms with E-state index in [1.807, 2.05) is 12.1 Å². The van der Waals surface area contributed by atoms with Crippen LogP contribution in [-0.2, 0) is 0 Å². The molecule has 4 heteroatoms. The van der Waals surface area contributed by atoms with Gasteiger partial charge in [0.2, 0.25) is 0 Å². The summed E-state index contributed by atoms with van der Waals surface area (Å²) in [6.45, 7) is 2.04. The van der Waals surface area contributed by atoms with Gasteiger partial charge in [0.05, 0.1) is 6.21 Å². The van der Waals surface area contributed by atoms with Crippen molar-refractivity contribution in [3.63, 3.8) is 0 Å². The smallest absolute Gasteiger partial charge is 0.124 e. The van der Waals surface area contributed by atoms with E-state index >= 15 is 0 Å². The van der Waals surface area contributed by atoms with Crippen molar-refractivity contribution < 1.29 is 5.11 Å².